The zero-order valence-electron chi connectivity index (χ0n) is 42.0. The predicted molar refractivity (Wildman–Crippen MR) is 239 cm³/mol. The van der Waals surface area contributed by atoms with Gasteiger partial charge in [-0.2, -0.15) is 0 Å². The molecule has 6 fully saturated rings. The van der Waals surface area contributed by atoms with Crippen molar-refractivity contribution in [3.05, 3.63) is 0 Å². The van der Waals surface area contributed by atoms with Crippen LogP contribution in [0.3, 0.4) is 0 Å². The van der Waals surface area contributed by atoms with Crippen molar-refractivity contribution in [1.82, 2.24) is 16.0 Å². The van der Waals surface area contributed by atoms with E-state index in [1.807, 2.05) is 0 Å². The fourth-order valence-electron chi connectivity index (χ4n) is 9.82. The first-order chi connectivity index (χ1) is 37.1. The number of aliphatic carboxylic acids is 3. The maximum Gasteiger partial charge on any atom is 0.335 e. The van der Waals surface area contributed by atoms with Crippen LogP contribution in [0.25, 0.3) is 0 Å². The molecule has 0 aromatic rings. The molecule has 6 heterocycles. The third kappa shape index (κ3) is 13.9. The average Bonchev–Trinajstić information content (AvgIpc) is 3.44. The summed E-state index contributed by atoms with van der Waals surface area (Å²) in [6.45, 7) is 0.913. The van der Waals surface area contributed by atoms with Crippen LogP contribution in [0.5, 0.6) is 0 Å². The van der Waals surface area contributed by atoms with Gasteiger partial charge < -0.3 is 150 Å². The molecule has 0 aromatic heterocycles. The van der Waals surface area contributed by atoms with Crippen LogP contribution in [-0.2, 0) is 80.9 Å². The lowest BCUT2D eigenvalue weighted by Gasteiger charge is -2.50. The molecule has 0 saturated carbocycles. The van der Waals surface area contributed by atoms with Gasteiger partial charge in [-0.1, -0.05) is 0 Å². The number of aliphatic hydroxyl groups is 13. The molecule has 36 heteroatoms. The number of ether oxygens (including phenoxy) is 11. The molecule has 6 rings (SSSR count). The maximum atomic E-state index is 13.0. The third-order valence-corrected chi connectivity index (χ3v) is 13.8. The van der Waals surface area contributed by atoms with Crippen LogP contribution in [0.1, 0.15) is 27.7 Å². The van der Waals surface area contributed by atoms with Crippen molar-refractivity contribution in [1.29, 1.82) is 0 Å². The van der Waals surface area contributed by atoms with Crippen LogP contribution < -0.4 is 16.0 Å². The van der Waals surface area contributed by atoms with E-state index in [1.54, 1.807) is 0 Å². The first-order valence-electron chi connectivity index (χ1n) is 24.4. The lowest BCUT2D eigenvalue weighted by atomic mass is 9.93. The van der Waals surface area contributed by atoms with Crippen molar-refractivity contribution >= 4 is 35.6 Å². The van der Waals surface area contributed by atoms with E-state index in [0.29, 0.717) is 0 Å². The second kappa shape index (κ2) is 26.8. The Hall–Kier alpha value is -4.14. The van der Waals surface area contributed by atoms with Gasteiger partial charge in [0.25, 0.3) is 0 Å². The van der Waals surface area contributed by atoms with Gasteiger partial charge in [0.2, 0.25) is 17.7 Å². The van der Waals surface area contributed by atoms with E-state index in [4.69, 9.17) is 52.1 Å². The van der Waals surface area contributed by atoms with E-state index in [1.165, 1.54) is 6.92 Å². The summed E-state index contributed by atoms with van der Waals surface area (Å²) >= 11 is 0. The molecule has 0 aromatic carbocycles. The number of carbonyl (C=O) groups is 6. The molecule has 0 radical (unpaired) electrons. The summed E-state index contributed by atoms with van der Waals surface area (Å²) in [4.78, 5) is 75.2. The molecule has 0 spiro atoms. The fourth-order valence-corrected chi connectivity index (χ4v) is 9.82. The normalized spacial score (nSPS) is 46.6. The lowest BCUT2D eigenvalue weighted by molar-refractivity contribution is -0.376. The average molecular weight is 1150 g/mol. The van der Waals surface area contributed by atoms with Crippen molar-refractivity contribution < 1.29 is 163 Å². The van der Waals surface area contributed by atoms with E-state index in [0.717, 1.165) is 20.8 Å². The predicted octanol–water partition coefficient (Wildman–Crippen LogP) is -12.3. The minimum atomic E-state index is -2.51. The van der Waals surface area contributed by atoms with Gasteiger partial charge in [0.05, 0.1) is 25.9 Å². The topological polar surface area (TPSA) is 564 Å². The Kier molecular flexibility index (Phi) is 21.8. The molecule has 19 N–H and O–H groups in total. The van der Waals surface area contributed by atoms with Crippen LogP contribution in [0.4, 0.5) is 0 Å². The molecule has 0 aliphatic carbocycles. The highest BCUT2D eigenvalue weighted by Gasteiger charge is 2.60. The minimum absolute atomic E-state index is 0.819. The van der Waals surface area contributed by atoms with E-state index in [-0.39, 0.29) is 0 Å². The van der Waals surface area contributed by atoms with Crippen molar-refractivity contribution in [2.24, 2.45) is 0 Å². The molecule has 0 bridgehead atoms. The Morgan fingerprint density at radius 3 is 0.975 bits per heavy atom. The lowest BCUT2D eigenvalue weighted by Crippen LogP contribution is -2.71. The number of carbonyl (C=O) groups excluding carboxylic acids is 3. The molecule has 452 valence electrons. The fraction of sp³-hybridized carbons (Fsp3) is 0.860. The van der Waals surface area contributed by atoms with Gasteiger partial charge in [-0.25, -0.2) is 14.4 Å². The van der Waals surface area contributed by atoms with Crippen molar-refractivity contribution in [2.75, 3.05) is 19.8 Å². The zero-order valence-corrected chi connectivity index (χ0v) is 42.0. The number of hydrogen-bond acceptors (Lipinski definition) is 30. The number of hydrogen-bond donors (Lipinski definition) is 19. The van der Waals surface area contributed by atoms with E-state index < -0.39 is 239 Å². The van der Waals surface area contributed by atoms with Crippen molar-refractivity contribution in [2.45, 2.75) is 212 Å². The molecule has 6 aliphatic rings. The summed E-state index contributed by atoms with van der Waals surface area (Å²) in [6.07, 6.45) is -56.6. The summed E-state index contributed by atoms with van der Waals surface area (Å²) in [5.41, 5.74) is 0. The summed E-state index contributed by atoms with van der Waals surface area (Å²) < 4.78 is 62.0. The van der Waals surface area contributed by atoms with Gasteiger partial charge in [-0.05, 0) is 6.92 Å². The summed E-state index contributed by atoms with van der Waals surface area (Å²) in [7, 11) is 0. The number of carboxylic acids is 3. The van der Waals surface area contributed by atoms with Crippen molar-refractivity contribution in [3.63, 3.8) is 0 Å². The molecular formula is C43H67N3O33. The quantitative estimate of drug-likeness (QED) is 0.0571. The Labute approximate surface area is 445 Å². The highest BCUT2D eigenvalue weighted by atomic mass is 16.8. The first kappa shape index (κ1) is 64.0. The molecule has 79 heavy (non-hydrogen) atoms. The number of aliphatic hydroxyl groups excluding tert-OH is 13. The Bertz CT molecular complexity index is 2120. The second-order valence-electron chi connectivity index (χ2n) is 19.4. The van der Waals surface area contributed by atoms with Crippen LogP contribution in [0.2, 0.25) is 0 Å². The highest BCUT2D eigenvalue weighted by Crippen LogP contribution is 2.37. The van der Waals surface area contributed by atoms with E-state index in [9.17, 15) is 110 Å². The maximum absolute atomic E-state index is 13.0. The molecule has 6 saturated heterocycles. The highest BCUT2D eigenvalue weighted by molar-refractivity contribution is 5.75. The van der Waals surface area contributed by atoms with Gasteiger partial charge in [-0.15, -0.1) is 0 Å². The summed E-state index contributed by atoms with van der Waals surface area (Å²) in [6, 6.07) is -5.54. The number of carboxylic acid groups (broad SMARTS) is 3. The van der Waals surface area contributed by atoms with Crippen LogP contribution >= 0.6 is 0 Å². The first-order valence-corrected chi connectivity index (χ1v) is 24.4. The third-order valence-electron chi connectivity index (χ3n) is 13.8. The largest absolute Gasteiger partial charge is 0.479 e. The molecule has 3 amide bonds. The summed E-state index contributed by atoms with van der Waals surface area (Å²) in [5, 5.41) is 179. The van der Waals surface area contributed by atoms with Gasteiger partial charge in [0, 0.05) is 20.8 Å². The van der Waals surface area contributed by atoms with Gasteiger partial charge in [0.1, 0.15) is 128 Å². The molecule has 12 unspecified atom stereocenters. The number of amides is 3. The Morgan fingerprint density at radius 1 is 0.354 bits per heavy atom. The van der Waals surface area contributed by atoms with Crippen LogP contribution in [0.15, 0.2) is 0 Å². The van der Waals surface area contributed by atoms with Gasteiger partial charge in [0.15, 0.2) is 49.8 Å². The van der Waals surface area contributed by atoms with Gasteiger partial charge >= 0.3 is 17.9 Å². The standard InChI is InChI=1S/C43H67N3O33/c1-8-18(53)23(58)30(33(69-8)36(63)64)76-40-16(45-10(3)51)28(20(55)13(6-48)71-40)73-43-27(62)25(60)32(35(79-43)38(67)68)77-41-17(46-11(4)52)29(21(56)14(7-49)72-41)74-42-26(61)24(59)31(34(78-42)37(65)66)75-39-15(44-9(2)50)22(57)19(54)12(5-47)70-39/h8,12-35,39-43,47-49,53-62H,5-7H2,1-4H3,(H,44,50)(H,45,51)(H,46,52)(H,63,64)(H,65,66)(H,67,68)/t8-,12-,13-,14?,15?,16?,17?,18?,19-,20-,21-,22?,23+,24+,25?,26?,27?,28?,29+,30-,31-,32-,33?,34?,35+,39-,40-,41-,42+,43+/m0/s1. The SMILES string of the molecule is CC(=O)NC1C(O)[C@@H](O)[C@H](CO)O[C@H]1O[C@@H]1C(C(=O)O)O[C@@H](O[C@@H]2C(NC(C)=O)[C@H](O[C@H]3C(O)C(O)[C@H](OC4C(NC(C)=O)[C@H](O[C@@H]5C(C(=O)O)O[C@@H](C)C(O)[C@H]5O)O[C@@H](CO)[C@@H]4O)O[C@H]3C(=O)O)OC(CO)[C@@H]2O)C(O)[C@H]1O. The van der Waals surface area contributed by atoms with Crippen molar-refractivity contribution in [3.8, 4) is 0 Å². The Balaban J connectivity index is 1.25. The molecule has 36 nitrogen and oxygen atoms in total. The smallest absolute Gasteiger partial charge is 0.335 e. The summed E-state index contributed by atoms with van der Waals surface area (Å²) in [5.74, 6) is -8.35. The number of nitrogens with one attached hydrogen (secondary N) is 3. The molecular weight excluding hydrogens is 1090 g/mol. The number of rotatable bonds is 19. The Morgan fingerprint density at radius 2 is 0.646 bits per heavy atom. The molecule has 6 aliphatic heterocycles. The van der Waals surface area contributed by atoms with E-state index >= 15 is 0 Å². The van der Waals surface area contributed by atoms with Crippen LogP contribution in [0, 0.1) is 0 Å². The second-order valence-corrected chi connectivity index (χ2v) is 19.4. The van der Waals surface area contributed by atoms with Gasteiger partial charge in [-0.3, -0.25) is 14.4 Å². The van der Waals surface area contributed by atoms with Crippen LogP contribution in [-0.4, -0.2) is 321 Å². The van der Waals surface area contributed by atoms with E-state index in [2.05, 4.69) is 16.0 Å². The molecule has 30 atom stereocenters. The monoisotopic (exact) mass is 1150 g/mol. The minimum Gasteiger partial charge on any atom is -0.479 e. The zero-order chi connectivity index (χ0) is 58.8.